The maximum atomic E-state index is 12.1. The zero-order chi connectivity index (χ0) is 16.9. The number of carbonyl (C=O) groups excluding carboxylic acids is 1. The van der Waals surface area contributed by atoms with Crippen LogP contribution in [0.25, 0.3) is 11.4 Å². The molecular weight excluding hydrogens is 330 g/mol. The predicted octanol–water partition coefficient (Wildman–Crippen LogP) is 2.51. The lowest BCUT2D eigenvalue weighted by atomic mass is 10.2. The average molecular weight is 346 g/mol. The summed E-state index contributed by atoms with van der Waals surface area (Å²) in [6, 6.07) is 6.91. The van der Waals surface area contributed by atoms with Crippen molar-refractivity contribution in [1.29, 1.82) is 0 Å². The van der Waals surface area contributed by atoms with Crippen LogP contribution in [-0.4, -0.2) is 32.1 Å². The number of amides is 1. The summed E-state index contributed by atoms with van der Waals surface area (Å²) in [6.07, 6.45) is 5.45. The highest BCUT2D eigenvalue weighted by Crippen LogP contribution is 2.19. The molecule has 0 spiro atoms. The van der Waals surface area contributed by atoms with Crippen LogP contribution in [0.3, 0.4) is 0 Å². The minimum absolute atomic E-state index is 0.0948. The SMILES string of the molecule is CC(C(=O)NCCc1nc(-c2cccc(Cl)c2)no1)n1ccnc1. The number of hydrogen-bond donors (Lipinski definition) is 1. The zero-order valence-electron chi connectivity index (χ0n) is 13.0. The van der Waals surface area contributed by atoms with Gasteiger partial charge >= 0.3 is 0 Å². The van der Waals surface area contributed by atoms with Gasteiger partial charge in [0, 0.05) is 35.9 Å². The Morgan fingerprint density at radius 2 is 2.33 bits per heavy atom. The highest BCUT2D eigenvalue weighted by molar-refractivity contribution is 6.30. The molecule has 0 aliphatic carbocycles. The molecule has 0 saturated heterocycles. The Hall–Kier alpha value is -2.67. The summed E-state index contributed by atoms with van der Waals surface area (Å²) in [5, 5.41) is 7.38. The fraction of sp³-hybridized carbons (Fsp3) is 0.250. The maximum Gasteiger partial charge on any atom is 0.242 e. The third-order valence-electron chi connectivity index (χ3n) is 3.54. The Bertz CT molecular complexity index is 816. The fourth-order valence-corrected chi connectivity index (χ4v) is 2.37. The molecule has 8 heteroatoms. The first-order valence-corrected chi connectivity index (χ1v) is 7.85. The highest BCUT2D eigenvalue weighted by Gasteiger charge is 2.14. The van der Waals surface area contributed by atoms with Crippen molar-refractivity contribution in [2.45, 2.75) is 19.4 Å². The van der Waals surface area contributed by atoms with E-state index in [-0.39, 0.29) is 11.9 Å². The molecule has 1 N–H and O–H groups in total. The van der Waals surface area contributed by atoms with Gasteiger partial charge in [-0.3, -0.25) is 4.79 Å². The normalized spacial score (nSPS) is 12.1. The van der Waals surface area contributed by atoms with Crippen molar-refractivity contribution in [3.63, 3.8) is 0 Å². The van der Waals surface area contributed by atoms with E-state index in [1.54, 1.807) is 42.3 Å². The number of nitrogens with zero attached hydrogens (tertiary/aromatic N) is 4. The summed E-state index contributed by atoms with van der Waals surface area (Å²) in [7, 11) is 0. The molecule has 0 bridgehead atoms. The first kappa shape index (κ1) is 16.2. The van der Waals surface area contributed by atoms with E-state index >= 15 is 0 Å². The van der Waals surface area contributed by atoms with E-state index in [4.69, 9.17) is 16.1 Å². The van der Waals surface area contributed by atoms with Crippen molar-refractivity contribution in [3.05, 3.63) is 53.9 Å². The second-order valence-corrected chi connectivity index (χ2v) is 5.69. The first-order valence-electron chi connectivity index (χ1n) is 7.47. The molecule has 0 radical (unpaired) electrons. The number of carbonyl (C=O) groups is 1. The summed E-state index contributed by atoms with van der Waals surface area (Å²) < 4.78 is 6.94. The molecule has 1 atom stereocenters. The molecule has 124 valence electrons. The first-order chi connectivity index (χ1) is 11.6. The molecule has 2 heterocycles. The molecular formula is C16H16ClN5O2. The van der Waals surface area contributed by atoms with Crippen molar-refractivity contribution in [2.24, 2.45) is 0 Å². The van der Waals surface area contributed by atoms with Crippen LogP contribution in [0.5, 0.6) is 0 Å². The topological polar surface area (TPSA) is 85.8 Å². The minimum atomic E-state index is -0.322. The summed E-state index contributed by atoms with van der Waals surface area (Å²) in [5.74, 6) is 0.841. The molecule has 0 aliphatic heterocycles. The number of halogens is 1. The van der Waals surface area contributed by atoms with Crippen LogP contribution >= 0.6 is 11.6 Å². The summed E-state index contributed by atoms with van der Waals surface area (Å²) >= 11 is 5.95. The lowest BCUT2D eigenvalue weighted by molar-refractivity contribution is -0.123. The van der Waals surface area contributed by atoms with E-state index in [1.165, 1.54) is 0 Å². The van der Waals surface area contributed by atoms with Gasteiger partial charge in [0.25, 0.3) is 0 Å². The summed E-state index contributed by atoms with van der Waals surface area (Å²) in [6.45, 7) is 2.22. The molecule has 0 fully saturated rings. The van der Waals surface area contributed by atoms with Crippen LogP contribution in [0.2, 0.25) is 5.02 Å². The Morgan fingerprint density at radius 1 is 1.46 bits per heavy atom. The lowest BCUT2D eigenvalue weighted by Crippen LogP contribution is -2.32. The summed E-state index contributed by atoms with van der Waals surface area (Å²) in [5.41, 5.74) is 0.787. The molecule has 0 aliphatic rings. The van der Waals surface area contributed by atoms with E-state index in [9.17, 15) is 4.79 Å². The second-order valence-electron chi connectivity index (χ2n) is 5.25. The molecule has 1 unspecified atom stereocenters. The molecule has 2 aromatic heterocycles. The van der Waals surface area contributed by atoms with E-state index in [2.05, 4.69) is 20.4 Å². The van der Waals surface area contributed by atoms with Gasteiger partial charge in [-0.25, -0.2) is 4.98 Å². The van der Waals surface area contributed by atoms with Gasteiger partial charge in [-0.2, -0.15) is 4.98 Å². The summed E-state index contributed by atoms with van der Waals surface area (Å²) in [4.78, 5) is 20.3. The largest absolute Gasteiger partial charge is 0.354 e. The Kier molecular flexibility index (Phi) is 4.90. The quantitative estimate of drug-likeness (QED) is 0.741. The van der Waals surface area contributed by atoms with Gasteiger partial charge in [0.1, 0.15) is 6.04 Å². The van der Waals surface area contributed by atoms with Crippen LogP contribution in [0.15, 0.2) is 47.5 Å². The number of hydrogen-bond acceptors (Lipinski definition) is 5. The fourth-order valence-electron chi connectivity index (χ4n) is 2.18. The van der Waals surface area contributed by atoms with Gasteiger partial charge < -0.3 is 14.4 Å². The van der Waals surface area contributed by atoms with Crippen LogP contribution < -0.4 is 5.32 Å². The Morgan fingerprint density at radius 3 is 3.08 bits per heavy atom. The van der Waals surface area contributed by atoms with Crippen LogP contribution in [0.1, 0.15) is 18.9 Å². The van der Waals surface area contributed by atoms with Gasteiger partial charge in [0.2, 0.25) is 17.6 Å². The smallest absolute Gasteiger partial charge is 0.242 e. The number of nitrogens with one attached hydrogen (secondary N) is 1. The van der Waals surface area contributed by atoms with Crippen molar-refractivity contribution in [3.8, 4) is 11.4 Å². The third-order valence-corrected chi connectivity index (χ3v) is 3.78. The molecule has 3 rings (SSSR count). The van der Waals surface area contributed by atoms with Crippen LogP contribution in [0.4, 0.5) is 0 Å². The maximum absolute atomic E-state index is 12.1. The number of imidazole rings is 1. The van der Waals surface area contributed by atoms with Crippen LogP contribution in [-0.2, 0) is 11.2 Å². The molecule has 3 aromatic rings. The average Bonchev–Trinajstić information content (AvgIpc) is 3.26. The second kappa shape index (κ2) is 7.27. The van der Waals surface area contributed by atoms with Gasteiger partial charge in [-0.15, -0.1) is 0 Å². The van der Waals surface area contributed by atoms with Gasteiger partial charge in [0.05, 0.1) is 6.33 Å². The lowest BCUT2D eigenvalue weighted by Gasteiger charge is -2.12. The predicted molar refractivity (Wildman–Crippen MR) is 88.4 cm³/mol. The van der Waals surface area contributed by atoms with Gasteiger partial charge in [-0.1, -0.05) is 28.9 Å². The monoisotopic (exact) mass is 345 g/mol. The van der Waals surface area contributed by atoms with Crippen LogP contribution in [0, 0.1) is 0 Å². The third kappa shape index (κ3) is 3.80. The highest BCUT2D eigenvalue weighted by atomic mass is 35.5. The van der Waals surface area contributed by atoms with Crippen molar-refractivity contribution in [2.75, 3.05) is 6.54 Å². The number of aromatic nitrogens is 4. The molecule has 24 heavy (non-hydrogen) atoms. The zero-order valence-corrected chi connectivity index (χ0v) is 13.8. The van der Waals surface area contributed by atoms with E-state index in [0.717, 1.165) is 5.56 Å². The van der Waals surface area contributed by atoms with Crippen molar-refractivity contribution >= 4 is 17.5 Å². The molecule has 7 nitrogen and oxygen atoms in total. The number of benzene rings is 1. The molecule has 0 saturated carbocycles. The van der Waals surface area contributed by atoms with Crippen molar-refractivity contribution < 1.29 is 9.32 Å². The van der Waals surface area contributed by atoms with E-state index in [1.807, 2.05) is 12.1 Å². The minimum Gasteiger partial charge on any atom is -0.354 e. The number of rotatable bonds is 6. The van der Waals surface area contributed by atoms with Gasteiger partial charge in [0.15, 0.2) is 0 Å². The van der Waals surface area contributed by atoms with Crippen molar-refractivity contribution in [1.82, 2.24) is 25.0 Å². The van der Waals surface area contributed by atoms with E-state index < -0.39 is 0 Å². The van der Waals surface area contributed by atoms with E-state index in [0.29, 0.717) is 29.7 Å². The molecule has 1 amide bonds. The molecule has 1 aromatic carbocycles. The van der Waals surface area contributed by atoms with Gasteiger partial charge in [-0.05, 0) is 19.1 Å². The Labute approximate surface area is 143 Å². The Balaban J connectivity index is 1.53. The standard InChI is InChI=1S/C16H16ClN5O2/c1-11(22-8-7-18-10-22)16(23)19-6-5-14-20-15(21-24-14)12-3-2-4-13(17)9-12/h2-4,7-11H,5-6H2,1H3,(H,19,23).